The van der Waals surface area contributed by atoms with Gasteiger partial charge in [0.05, 0.1) is 12.8 Å². The van der Waals surface area contributed by atoms with E-state index in [1.165, 1.54) is 32.1 Å². The van der Waals surface area contributed by atoms with Gasteiger partial charge in [-0.1, -0.05) is 19.8 Å². The summed E-state index contributed by atoms with van der Waals surface area (Å²) >= 11 is 0. The van der Waals surface area contributed by atoms with Gasteiger partial charge in [0.15, 0.2) is 0 Å². The van der Waals surface area contributed by atoms with Crippen molar-refractivity contribution >= 4 is 15.7 Å². The molecule has 1 fully saturated rings. The number of rotatable bonds is 5. The first-order chi connectivity index (χ1) is 9.44. The molecule has 5 nitrogen and oxygen atoms in total. The van der Waals surface area contributed by atoms with Gasteiger partial charge in [-0.3, -0.25) is 0 Å². The van der Waals surface area contributed by atoms with E-state index >= 15 is 0 Å². The molecule has 20 heavy (non-hydrogen) atoms. The first kappa shape index (κ1) is 15.1. The summed E-state index contributed by atoms with van der Waals surface area (Å²) in [5.74, 6) is 1.54. The number of sulfonamides is 1. The number of benzene rings is 1. The van der Waals surface area contributed by atoms with Crippen molar-refractivity contribution < 1.29 is 13.2 Å². The average Bonchev–Trinajstić information content (AvgIpc) is 2.81. The third-order valence-electron chi connectivity index (χ3n) is 4.08. The van der Waals surface area contributed by atoms with Crippen LogP contribution in [0.2, 0.25) is 0 Å². The van der Waals surface area contributed by atoms with Gasteiger partial charge in [0.1, 0.15) is 10.6 Å². The third-order valence-corrected chi connectivity index (χ3v) is 5.58. The minimum Gasteiger partial charge on any atom is -0.497 e. The van der Waals surface area contributed by atoms with Crippen LogP contribution >= 0.6 is 0 Å². The zero-order chi connectivity index (χ0) is 14.8. The Bertz CT molecular complexity index is 572. The molecule has 1 aliphatic rings. The van der Waals surface area contributed by atoms with Gasteiger partial charge in [0, 0.05) is 12.6 Å². The second kappa shape index (κ2) is 6.01. The SMILES string of the molecule is COc1ccc(S(=O)(=O)NCC2CCCC2C)c(N)c1. The van der Waals surface area contributed by atoms with Gasteiger partial charge < -0.3 is 10.5 Å². The molecule has 0 radical (unpaired) electrons. The topological polar surface area (TPSA) is 81.4 Å². The van der Waals surface area contributed by atoms with E-state index in [1.54, 1.807) is 6.07 Å². The normalized spacial score (nSPS) is 22.9. The summed E-state index contributed by atoms with van der Waals surface area (Å²) in [6.45, 7) is 2.66. The van der Waals surface area contributed by atoms with E-state index in [0.29, 0.717) is 24.1 Å². The lowest BCUT2D eigenvalue weighted by atomic mass is 9.99. The molecule has 0 aliphatic heterocycles. The fraction of sp³-hybridized carbons (Fsp3) is 0.571. The molecule has 2 unspecified atom stereocenters. The van der Waals surface area contributed by atoms with Gasteiger partial charge in [-0.05, 0) is 30.4 Å². The maximum Gasteiger partial charge on any atom is 0.242 e. The highest BCUT2D eigenvalue weighted by Crippen LogP contribution is 2.31. The fourth-order valence-corrected chi connectivity index (χ4v) is 3.92. The van der Waals surface area contributed by atoms with E-state index in [0.717, 1.165) is 6.42 Å². The number of ether oxygens (including phenoxy) is 1. The van der Waals surface area contributed by atoms with Gasteiger partial charge in [0.2, 0.25) is 10.0 Å². The van der Waals surface area contributed by atoms with E-state index in [1.807, 2.05) is 0 Å². The van der Waals surface area contributed by atoms with Crippen molar-refractivity contribution in [2.45, 2.75) is 31.1 Å². The number of nitrogens with two attached hydrogens (primary N) is 1. The minimum atomic E-state index is -3.56. The largest absolute Gasteiger partial charge is 0.497 e. The van der Waals surface area contributed by atoms with Crippen LogP contribution in [0.15, 0.2) is 23.1 Å². The summed E-state index contributed by atoms with van der Waals surface area (Å²) in [4.78, 5) is 0.115. The summed E-state index contributed by atoms with van der Waals surface area (Å²) in [5, 5.41) is 0. The smallest absolute Gasteiger partial charge is 0.242 e. The maximum atomic E-state index is 12.3. The molecule has 6 heteroatoms. The minimum absolute atomic E-state index is 0.115. The van der Waals surface area contributed by atoms with Crippen LogP contribution in [0.5, 0.6) is 5.75 Å². The van der Waals surface area contributed by atoms with Gasteiger partial charge in [-0.25, -0.2) is 13.1 Å². The van der Waals surface area contributed by atoms with Crippen molar-refractivity contribution in [1.82, 2.24) is 4.72 Å². The van der Waals surface area contributed by atoms with Gasteiger partial charge in [-0.2, -0.15) is 0 Å². The van der Waals surface area contributed by atoms with Crippen LogP contribution in [0.1, 0.15) is 26.2 Å². The Hall–Kier alpha value is -1.27. The molecule has 0 saturated heterocycles. The van der Waals surface area contributed by atoms with Crippen molar-refractivity contribution in [3.8, 4) is 5.75 Å². The molecule has 1 aromatic rings. The molecular formula is C14H22N2O3S. The molecule has 0 heterocycles. The highest BCUT2D eigenvalue weighted by atomic mass is 32.2. The molecule has 2 rings (SSSR count). The van der Waals surface area contributed by atoms with E-state index in [4.69, 9.17) is 10.5 Å². The van der Waals surface area contributed by atoms with Crippen LogP contribution in [-0.4, -0.2) is 22.1 Å². The molecule has 112 valence electrons. The van der Waals surface area contributed by atoms with Crippen molar-refractivity contribution in [1.29, 1.82) is 0 Å². The number of nitrogens with one attached hydrogen (secondary N) is 1. The maximum absolute atomic E-state index is 12.3. The number of methoxy groups -OCH3 is 1. The predicted molar refractivity (Wildman–Crippen MR) is 79.1 cm³/mol. The first-order valence-electron chi connectivity index (χ1n) is 6.87. The van der Waals surface area contributed by atoms with Gasteiger partial charge in [0.25, 0.3) is 0 Å². The molecule has 0 aromatic heterocycles. The molecular weight excluding hydrogens is 276 g/mol. The molecule has 1 saturated carbocycles. The summed E-state index contributed by atoms with van der Waals surface area (Å²) in [6, 6.07) is 4.60. The number of nitrogen functional groups attached to an aromatic ring is 1. The Morgan fingerprint density at radius 1 is 1.40 bits per heavy atom. The second-order valence-corrected chi connectivity index (χ2v) is 7.16. The lowest BCUT2D eigenvalue weighted by Crippen LogP contribution is -2.30. The molecule has 0 amide bonds. The molecule has 1 aromatic carbocycles. The number of hydrogen-bond acceptors (Lipinski definition) is 4. The highest BCUT2D eigenvalue weighted by molar-refractivity contribution is 7.89. The summed E-state index contributed by atoms with van der Waals surface area (Å²) in [5.41, 5.74) is 6.00. The van der Waals surface area contributed by atoms with Crippen molar-refractivity contribution in [3.63, 3.8) is 0 Å². The van der Waals surface area contributed by atoms with Crippen LogP contribution in [0.4, 0.5) is 5.69 Å². The molecule has 0 bridgehead atoms. The Morgan fingerprint density at radius 3 is 2.70 bits per heavy atom. The Labute approximate surface area is 120 Å². The molecule has 1 aliphatic carbocycles. The monoisotopic (exact) mass is 298 g/mol. The number of hydrogen-bond donors (Lipinski definition) is 2. The fourth-order valence-electron chi connectivity index (χ4n) is 2.72. The Balaban J connectivity index is 2.10. The zero-order valence-electron chi connectivity index (χ0n) is 11.9. The van der Waals surface area contributed by atoms with E-state index < -0.39 is 10.0 Å². The standard InChI is InChI=1S/C14H22N2O3S/c1-10-4-3-5-11(10)9-16-20(17,18)14-7-6-12(19-2)8-13(14)15/h6-8,10-11,16H,3-5,9,15H2,1-2H3. The molecule has 3 N–H and O–H groups in total. The predicted octanol–water partition coefficient (Wildman–Crippen LogP) is 1.99. The van der Waals surface area contributed by atoms with E-state index in [9.17, 15) is 8.42 Å². The molecule has 2 atom stereocenters. The molecule has 0 spiro atoms. The van der Waals surface area contributed by atoms with Crippen molar-refractivity contribution in [3.05, 3.63) is 18.2 Å². The van der Waals surface area contributed by atoms with Gasteiger partial charge in [-0.15, -0.1) is 0 Å². The highest BCUT2D eigenvalue weighted by Gasteiger charge is 2.26. The third kappa shape index (κ3) is 3.24. The van der Waals surface area contributed by atoms with Crippen molar-refractivity contribution in [2.75, 3.05) is 19.4 Å². The lowest BCUT2D eigenvalue weighted by Gasteiger charge is -2.16. The quantitative estimate of drug-likeness (QED) is 0.815. The van der Waals surface area contributed by atoms with Gasteiger partial charge >= 0.3 is 0 Å². The van der Waals surface area contributed by atoms with Crippen LogP contribution in [-0.2, 0) is 10.0 Å². The van der Waals surface area contributed by atoms with Crippen LogP contribution < -0.4 is 15.2 Å². The van der Waals surface area contributed by atoms with Crippen LogP contribution in [0.3, 0.4) is 0 Å². The average molecular weight is 298 g/mol. The van der Waals surface area contributed by atoms with E-state index in [2.05, 4.69) is 11.6 Å². The van der Waals surface area contributed by atoms with E-state index in [-0.39, 0.29) is 10.6 Å². The zero-order valence-corrected chi connectivity index (χ0v) is 12.7. The number of anilines is 1. The summed E-state index contributed by atoms with van der Waals surface area (Å²) in [6.07, 6.45) is 3.44. The van der Waals surface area contributed by atoms with Crippen LogP contribution in [0.25, 0.3) is 0 Å². The lowest BCUT2D eigenvalue weighted by molar-refractivity contribution is 0.413. The summed E-state index contributed by atoms with van der Waals surface area (Å²) < 4.78 is 32.3. The Morgan fingerprint density at radius 2 is 2.15 bits per heavy atom. The second-order valence-electron chi connectivity index (χ2n) is 5.42. The Kier molecular flexibility index (Phi) is 4.55. The van der Waals surface area contributed by atoms with Crippen molar-refractivity contribution in [2.24, 2.45) is 11.8 Å². The first-order valence-corrected chi connectivity index (χ1v) is 8.35. The van der Waals surface area contributed by atoms with Crippen LogP contribution in [0, 0.1) is 11.8 Å². The summed E-state index contributed by atoms with van der Waals surface area (Å²) in [7, 11) is -2.04.